The van der Waals surface area contributed by atoms with Crippen LogP contribution in [0.5, 0.6) is 0 Å². The summed E-state index contributed by atoms with van der Waals surface area (Å²) in [4.78, 5) is 2.11. The van der Waals surface area contributed by atoms with Gasteiger partial charge in [-0.2, -0.15) is 0 Å². The highest BCUT2D eigenvalue weighted by Crippen LogP contribution is 2.30. The number of benzene rings is 2. The van der Waals surface area contributed by atoms with Gasteiger partial charge in [0.05, 0.1) is 0 Å². The molecule has 2 aromatic rings. The molecule has 0 spiro atoms. The van der Waals surface area contributed by atoms with Gasteiger partial charge in [-0.1, -0.05) is 0 Å². The first kappa shape index (κ1) is 12.0. The molecular formula is C15H14F2N2. The van der Waals surface area contributed by atoms with Gasteiger partial charge in [0.15, 0.2) is 0 Å². The van der Waals surface area contributed by atoms with E-state index in [9.17, 15) is 8.78 Å². The maximum absolute atomic E-state index is 13.2. The molecule has 0 unspecified atom stereocenters. The molecule has 19 heavy (non-hydrogen) atoms. The van der Waals surface area contributed by atoms with Crippen molar-refractivity contribution in [1.82, 2.24) is 0 Å². The van der Waals surface area contributed by atoms with E-state index >= 15 is 0 Å². The standard InChI is InChI=1S/C15H14F2N2/c16-12-5-10(6-13(17)8-12)9-19-4-3-11-7-14(18)1-2-15(11)19/h1-2,5-8H,3-4,9,18H2. The Morgan fingerprint density at radius 2 is 1.79 bits per heavy atom. The molecule has 0 atom stereocenters. The van der Waals surface area contributed by atoms with E-state index in [1.807, 2.05) is 18.2 Å². The minimum Gasteiger partial charge on any atom is -0.399 e. The molecule has 3 rings (SSSR count). The quantitative estimate of drug-likeness (QED) is 0.841. The van der Waals surface area contributed by atoms with Crippen LogP contribution in [0.1, 0.15) is 11.1 Å². The van der Waals surface area contributed by atoms with Gasteiger partial charge in [-0.3, -0.25) is 0 Å². The van der Waals surface area contributed by atoms with Gasteiger partial charge in [0.1, 0.15) is 11.6 Å². The number of halogens is 2. The van der Waals surface area contributed by atoms with Crippen molar-refractivity contribution in [2.24, 2.45) is 0 Å². The maximum atomic E-state index is 13.2. The summed E-state index contributed by atoms with van der Waals surface area (Å²) in [6.45, 7) is 1.35. The molecule has 1 aliphatic heterocycles. The Bertz CT molecular complexity index is 605. The predicted octanol–water partition coefficient (Wildman–Crippen LogP) is 3.11. The Labute approximate surface area is 110 Å². The normalized spacial score (nSPS) is 13.7. The smallest absolute Gasteiger partial charge is 0.126 e. The highest BCUT2D eigenvalue weighted by Gasteiger charge is 2.19. The SMILES string of the molecule is Nc1ccc2c(c1)CCN2Cc1cc(F)cc(F)c1. The first-order valence-electron chi connectivity index (χ1n) is 6.20. The second-order valence-corrected chi connectivity index (χ2v) is 4.84. The molecule has 0 fully saturated rings. The van der Waals surface area contributed by atoms with Gasteiger partial charge >= 0.3 is 0 Å². The Morgan fingerprint density at radius 3 is 2.53 bits per heavy atom. The van der Waals surface area contributed by atoms with E-state index in [1.54, 1.807) is 0 Å². The average Bonchev–Trinajstić information content (AvgIpc) is 2.70. The molecule has 98 valence electrons. The summed E-state index contributed by atoms with van der Waals surface area (Å²) < 4.78 is 26.4. The van der Waals surface area contributed by atoms with Crippen LogP contribution in [-0.2, 0) is 13.0 Å². The number of hydrogen-bond acceptors (Lipinski definition) is 2. The van der Waals surface area contributed by atoms with Crippen molar-refractivity contribution in [3.63, 3.8) is 0 Å². The molecule has 0 aliphatic carbocycles. The lowest BCUT2D eigenvalue weighted by Crippen LogP contribution is -2.19. The van der Waals surface area contributed by atoms with Gasteiger partial charge in [-0.25, -0.2) is 8.78 Å². The third kappa shape index (κ3) is 2.38. The monoisotopic (exact) mass is 260 g/mol. The van der Waals surface area contributed by atoms with Crippen LogP contribution in [0.15, 0.2) is 36.4 Å². The van der Waals surface area contributed by atoms with Crippen molar-refractivity contribution in [2.45, 2.75) is 13.0 Å². The molecule has 1 aliphatic rings. The Hall–Kier alpha value is -2.10. The van der Waals surface area contributed by atoms with Crippen molar-refractivity contribution in [2.75, 3.05) is 17.2 Å². The molecule has 0 aromatic heterocycles. The zero-order chi connectivity index (χ0) is 13.4. The zero-order valence-electron chi connectivity index (χ0n) is 10.4. The molecule has 0 saturated heterocycles. The van der Waals surface area contributed by atoms with Crippen LogP contribution in [-0.4, -0.2) is 6.54 Å². The molecule has 2 N–H and O–H groups in total. The molecule has 0 bridgehead atoms. The van der Waals surface area contributed by atoms with Gasteiger partial charge in [0, 0.05) is 30.5 Å². The van der Waals surface area contributed by atoms with Gasteiger partial charge < -0.3 is 10.6 Å². The topological polar surface area (TPSA) is 29.3 Å². The number of rotatable bonds is 2. The minimum absolute atomic E-state index is 0.506. The van der Waals surface area contributed by atoms with E-state index in [2.05, 4.69) is 4.90 Å². The minimum atomic E-state index is -0.535. The number of nitrogens with zero attached hydrogens (tertiary/aromatic N) is 1. The summed E-state index contributed by atoms with van der Waals surface area (Å²) in [5.74, 6) is -1.07. The maximum Gasteiger partial charge on any atom is 0.126 e. The van der Waals surface area contributed by atoms with Crippen LogP contribution < -0.4 is 10.6 Å². The van der Waals surface area contributed by atoms with Gasteiger partial charge in [-0.15, -0.1) is 0 Å². The second kappa shape index (κ2) is 4.53. The highest BCUT2D eigenvalue weighted by molar-refractivity contribution is 5.63. The third-order valence-electron chi connectivity index (χ3n) is 3.39. The molecule has 2 aromatic carbocycles. The van der Waals surface area contributed by atoms with E-state index in [4.69, 9.17) is 5.73 Å². The number of nitrogen functional groups attached to an aromatic ring is 1. The summed E-state index contributed by atoms with van der Waals surface area (Å²) in [5.41, 5.74) is 9.43. The molecular weight excluding hydrogens is 246 g/mol. The Morgan fingerprint density at radius 1 is 1.05 bits per heavy atom. The van der Waals surface area contributed by atoms with Crippen LogP contribution in [0.4, 0.5) is 20.2 Å². The lowest BCUT2D eigenvalue weighted by atomic mass is 10.1. The van der Waals surface area contributed by atoms with Crippen LogP contribution >= 0.6 is 0 Å². The molecule has 4 heteroatoms. The van der Waals surface area contributed by atoms with Crippen molar-refractivity contribution in [1.29, 1.82) is 0 Å². The first-order chi connectivity index (χ1) is 9.11. The summed E-state index contributed by atoms with van der Waals surface area (Å²) >= 11 is 0. The lowest BCUT2D eigenvalue weighted by Gasteiger charge is -2.19. The first-order valence-corrected chi connectivity index (χ1v) is 6.20. The summed E-state index contributed by atoms with van der Waals surface area (Å²) in [6.07, 6.45) is 0.915. The summed E-state index contributed by atoms with van der Waals surface area (Å²) in [7, 11) is 0. The second-order valence-electron chi connectivity index (χ2n) is 4.84. The Kier molecular flexibility index (Phi) is 2.85. The molecule has 0 radical (unpaired) electrons. The van der Waals surface area contributed by atoms with E-state index in [-0.39, 0.29) is 0 Å². The number of fused-ring (bicyclic) bond motifs is 1. The number of hydrogen-bond donors (Lipinski definition) is 1. The molecule has 0 amide bonds. The van der Waals surface area contributed by atoms with Gasteiger partial charge in [-0.05, 0) is 47.9 Å². The fourth-order valence-corrected chi connectivity index (χ4v) is 2.58. The summed E-state index contributed by atoms with van der Waals surface area (Å²) in [6, 6.07) is 9.41. The number of nitrogens with two attached hydrogens (primary N) is 1. The zero-order valence-corrected chi connectivity index (χ0v) is 10.4. The largest absolute Gasteiger partial charge is 0.399 e. The van der Waals surface area contributed by atoms with Gasteiger partial charge in [0.25, 0.3) is 0 Å². The molecule has 1 heterocycles. The van der Waals surface area contributed by atoms with Crippen LogP contribution in [0, 0.1) is 11.6 Å². The third-order valence-corrected chi connectivity index (χ3v) is 3.39. The van der Waals surface area contributed by atoms with E-state index in [0.717, 1.165) is 30.4 Å². The average molecular weight is 260 g/mol. The fraction of sp³-hybridized carbons (Fsp3) is 0.200. The van der Waals surface area contributed by atoms with Crippen molar-refractivity contribution in [3.8, 4) is 0 Å². The highest BCUT2D eigenvalue weighted by atomic mass is 19.1. The Balaban J connectivity index is 1.86. The van der Waals surface area contributed by atoms with E-state index in [0.29, 0.717) is 12.1 Å². The van der Waals surface area contributed by atoms with Crippen molar-refractivity contribution in [3.05, 3.63) is 59.2 Å². The number of anilines is 2. The van der Waals surface area contributed by atoms with Crippen LogP contribution in [0.3, 0.4) is 0 Å². The molecule has 0 saturated carbocycles. The van der Waals surface area contributed by atoms with Crippen LogP contribution in [0.25, 0.3) is 0 Å². The summed E-state index contributed by atoms with van der Waals surface area (Å²) in [5, 5.41) is 0. The molecule has 2 nitrogen and oxygen atoms in total. The van der Waals surface area contributed by atoms with Crippen molar-refractivity contribution < 1.29 is 8.78 Å². The van der Waals surface area contributed by atoms with E-state index < -0.39 is 11.6 Å². The van der Waals surface area contributed by atoms with Gasteiger partial charge in [0.2, 0.25) is 0 Å². The van der Waals surface area contributed by atoms with Crippen molar-refractivity contribution >= 4 is 11.4 Å². The van der Waals surface area contributed by atoms with E-state index in [1.165, 1.54) is 17.7 Å². The lowest BCUT2D eigenvalue weighted by molar-refractivity contribution is 0.579. The van der Waals surface area contributed by atoms with Crippen LogP contribution in [0.2, 0.25) is 0 Å². The predicted molar refractivity (Wildman–Crippen MR) is 72.0 cm³/mol. The fourth-order valence-electron chi connectivity index (χ4n) is 2.58.